The number of carbonyl (C=O) groups excluding carboxylic acids is 1. The molecule has 18 heteroatoms. The number of carboxylic acid groups (broad SMARTS) is 1. The summed E-state index contributed by atoms with van der Waals surface area (Å²) in [5.41, 5.74) is -0.471. The summed E-state index contributed by atoms with van der Waals surface area (Å²) in [6, 6.07) is 1.86. The molecule has 2 aromatic rings. The van der Waals surface area contributed by atoms with Gasteiger partial charge in [0.05, 0.1) is 19.2 Å². The predicted octanol–water partition coefficient (Wildman–Crippen LogP) is 1.16. The molecule has 0 fully saturated rings. The number of aromatic amines is 2. The fourth-order valence-corrected chi connectivity index (χ4v) is 1.13. The summed E-state index contributed by atoms with van der Waals surface area (Å²) < 4.78 is 13.4. The molecule has 0 saturated heterocycles. The standard InChI is InChI=1S/C5H5N3O4.C4H3N3O4.Cl2OS/c1-12-5(9)3-2-4(7-6-3)8(10)11;8-4(9)2-1-3(6-5-2)7(10)11;1-4(2)3/h2H,1H3,(H,6,7);1H,(H,5,6)(H,8,9);. The second-order valence-corrected chi connectivity index (χ2v) is 6.30. The van der Waals surface area contributed by atoms with Gasteiger partial charge in [-0.3, -0.25) is 0 Å². The Kier molecular flexibility index (Phi) is 10.2. The van der Waals surface area contributed by atoms with Crippen molar-refractivity contribution in [3.05, 3.63) is 43.7 Å². The number of carboxylic acids is 1. The van der Waals surface area contributed by atoms with E-state index in [4.69, 9.17) is 9.32 Å². The van der Waals surface area contributed by atoms with Gasteiger partial charge in [0.15, 0.2) is 11.4 Å². The molecule has 0 radical (unpaired) electrons. The number of aromatic carboxylic acids is 1. The van der Waals surface area contributed by atoms with Gasteiger partial charge in [0.25, 0.3) is 0 Å². The highest BCUT2D eigenvalue weighted by Crippen LogP contribution is 2.08. The van der Waals surface area contributed by atoms with Crippen molar-refractivity contribution in [2.75, 3.05) is 7.11 Å². The lowest BCUT2D eigenvalue weighted by Crippen LogP contribution is -2.00. The summed E-state index contributed by atoms with van der Waals surface area (Å²) in [4.78, 5) is 39.5. The second-order valence-electron chi connectivity index (χ2n) is 3.77. The Labute approximate surface area is 159 Å². The maximum atomic E-state index is 10.7. The highest BCUT2D eigenvalue weighted by atomic mass is 36.0. The van der Waals surface area contributed by atoms with E-state index in [1.54, 1.807) is 0 Å². The van der Waals surface area contributed by atoms with Crippen LogP contribution in [0, 0.1) is 20.2 Å². The summed E-state index contributed by atoms with van der Waals surface area (Å²) in [5.74, 6) is -2.77. The van der Waals surface area contributed by atoms with Gasteiger partial charge in [-0.1, -0.05) is 10.2 Å². The lowest BCUT2D eigenvalue weighted by atomic mass is 10.4. The van der Waals surface area contributed by atoms with Gasteiger partial charge < -0.3 is 30.1 Å². The van der Waals surface area contributed by atoms with Crippen LogP contribution in [0.5, 0.6) is 0 Å². The molecule has 0 unspecified atom stereocenters. The average molecular weight is 447 g/mol. The first-order chi connectivity index (χ1) is 12.5. The van der Waals surface area contributed by atoms with Crippen LogP contribution in [-0.2, 0) is 14.0 Å². The maximum absolute atomic E-state index is 10.7. The molecule has 3 N–H and O–H groups in total. The van der Waals surface area contributed by atoms with Crippen molar-refractivity contribution in [1.82, 2.24) is 20.4 Å². The van der Waals surface area contributed by atoms with E-state index in [0.29, 0.717) is 0 Å². The number of methoxy groups -OCH3 is 1. The number of halogens is 2. The van der Waals surface area contributed by atoms with Crippen molar-refractivity contribution >= 4 is 54.2 Å². The second kappa shape index (κ2) is 11.5. The molecule has 0 amide bonds. The molecule has 2 heterocycles. The Hall–Kier alpha value is -3.11. The number of nitrogens with zero attached hydrogens (tertiary/aromatic N) is 4. The summed E-state index contributed by atoms with van der Waals surface area (Å²) in [7, 11) is 8.53. The van der Waals surface area contributed by atoms with Gasteiger partial charge in [-0.2, -0.15) is 0 Å². The molecule has 27 heavy (non-hydrogen) atoms. The molecular formula is C9H8Cl2N6O9S. The third-order valence-electron chi connectivity index (χ3n) is 2.14. The zero-order valence-corrected chi connectivity index (χ0v) is 15.1. The van der Waals surface area contributed by atoms with E-state index in [1.165, 1.54) is 7.11 Å². The lowest BCUT2D eigenvalue weighted by molar-refractivity contribution is -0.389. The Morgan fingerprint density at radius 1 is 1.11 bits per heavy atom. The number of nitrogens with one attached hydrogen (secondary N) is 2. The first-order valence-corrected chi connectivity index (χ1v) is 8.75. The van der Waals surface area contributed by atoms with Gasteiger partial charge in [0.1, 0.15) is 0 Å². The van der Waals surface area contributed by atoms with Crippen LogP contribution in [0.2, 0.25) is 0 Å². The Morgan fingerprint density at radius 2 is 1.48 bits per heavy atom. The fourth-order valence-electron chi connectivity index (χ4n) is 1.13. The van der Waals surface area contributed by atoms with Gasteiger partial charge in [-0.05, 0) is 9.85 Å². The van der Waals surface area contributed by atoms with Crippen LogP contribution in [0.4, 0.5) is 11.6 Å². The van der Waals surface area contributed by atoms with Crippen LogP contribution >= 0.6 is 21.4 Å². The highest BCUT2D eigenvalue weighted by Gasteiger charge is 2.16. The molecule has 0 bridgehead atoms. The van der Waals surface area contributed by atoms with E-state index in [1.807, 2.05) is 5.10 Å². The summed E-state index contributed by atoms with van der Waals surface area (Å²) >= 11 is 0. The molecule has 0 aromatic carbocycles. The summed E-state index contributed by atoms with van der Waals surface area (Å²) in [6.07, 6.45) is 0. The van der Waals surface area contributed by atoms with E-state index in [9.17, 15) is 29.8 Å². The van der Waals surface area contributed by atoms with E-state index in [-0.39, 0.29) is 17.2 Å². The Balaban J connectivity index is 0.000000421. The minimum absolute atomic E-state index is 0.107. The number of carbonyl (C=O) groups is 2. The molecule has 0 aliphatic heterocycles. The number of H-pyrrole nitrogens is 2. The first-order valence-electron chi connectivity index (χ1n) is 5.95. The zero-order chi connectivity index (χ0) is 21.1. The monoisotopic (exact) mass is 446 g/mol. The molecule has 148 valence electrons. The number of nitro groups is 2. The van der Waals surface area contributed by atoms with Crippen molar-refractivity contribution in [2.24, 2.45) is 0 Å². The molecule has 2 aromatic heterocycles. The van der Waals surface area contributed by atoms with E-state index in [2.05, 4.69) is 41.4 Å². The van der Waals surface area contributed by atoms with Crippen molar-refractivity contribution in [2.45, 2.75) is 0 Å². The average Bonchev–Trinajstić information content (AvgIpc) is 3.23. The normalized spacial score (nSPS) is 9.33. The Morgan fingerprint density at radius 3 is 1.74 bits per heavy atom. The zero-order valence-electron chi connectivity index (χ0n) is 12.8. The number of ether oxygens (including phenoxy) is 1. The lowest BCUT2D eigenvalue weighted by Gasteiger charge is -1.88. The van der Waals surface area contributed by atoms with Crippen LogP contribution in [-0.4, -0.2) is 58.6 Å². The molecule has 2 rings (SSSR count). The summed E-state index contributed by atoms with van der Waals surface area (Å²) in [6.45, 7) is 0. The van der Waals surface area contributed by atoms with Gasteiger partial charge in [-0.25, -0.2) is 13.8 Å². The summed E-state index contributed by atoms with van der Waals surface area (Å²) in [5, 5.41) is 38.9. The molecule has 0 aliphatic rings. The number of esters is 1. The van der Waals surface area contributed by atoms with E-state index < -0.39 is 36.8 Å². The molecule has 15 nitrogen and oxygen atoms in total. The first kappa shape index (κ1) is 23.9. The number of rotatable bonds is 4. The fraction of sp³-hybridized carbons (Fsp3) is 0.111. The van der Waals surface area contributed by atoms with Crippen molar-refractivity contribution in [3.8, 4) is 0 Å². The molecule has 0 spiro atoms. The van der Waals surface area contributed by atoms with Gasteiger partial charge in [0.2, 0.25) is 9.23 Å². The number of hydrogen-bond donors (Lipinski definition) is 3. The van der Waals surface area contributed by atoms with Gasteiger partial charge >= 0.3 is 23.6 Å². The predicted molar refractivity (Wildman–Crippen MR) is 88.6 cm³/mol. The SMILES string of the molecule is COC(=O)c1cc([N+](=O)[O-])[nH]n1.O=C(O)c1cc([N+](=O)[O-])[nH]n1.O=S(Cl)Cl. The number of hydrogen-bond acceptors (Lipinski definition) is 10. The third kappa shape index (κ3) is 9.23. The van der Waals surface area contributed by atoms with E-state index in [0.717, 1.165) is 12.1 Å². The largest absolute Gasteiger partial charge is 0.476 e. The van der Waals surface area contributed by atoms with Crippen LogP contribution in [0.1, 0.15) is 21.0 Å². The minimum atomic E-state index is -1.67. The Bertz CT molecular complexity index is 820. The van der Waals surface area contributed by atoms with Crippen LogP contribution in [0.15, 0.2) is 12.1 Å². The van der Waals surface area contributed by atoms with Crippen molar-refractivity contribution in [3.63, 3.8) is 0 Å². The maximum Gasteiger partial charge on any atom is 0.360 e. The van der Waals surface area contributed by atoms with E-state index >= 15 is 0 Å². The van der Waals surface area contributed by atoms with Crippen molar-refractivity contribution < 1.29 is 33.5 Å². The highest BCUT2D eigenvalue weighted by molar-refractivity contribution is 8.26. The molecule has 0 atom stereocenters. The van der Waals surface area contributed by atoms with Crippen molar-refractivity contribution in [1.29, 1.82) is 0 Å². The minimum Gasteiger partial charge on any atom is -0.476 e. The molecule has 0 saturated carbocycles. The van der Waals surface area contributed by atoms with Gasteiger partial charge in [0, 0.05) is 21.4 Å². The smallest absolute Gasteiger partial charge is 0.360 e. The quantitative estimate of drug-likeness (QED) is 0.261. The molecular weight excluding hydrogens is 439 g/mol. The van der Waals surface area contributed by atoms with Crippen LogP contribution in [0.25, 0.3) is 0 Å². The number of aromatic nitrogens is 4. The molecule has 0 aliphatic carbocycles. The van der Waals surface area contributed by atoms with Crippen LogP contribution < -0.4 is 0 Å². The van der Waals surface area contributed by atoms with Crippen LogP contribution in [0.3, 0.4) is 0 Å². The topological polar surface area (TPSA) is 224 Å². The van der Waals surface area contributed by atoms with Gasteiger partial charge in [-0.15, -0.1) is 10.2 Å². The third-order valence-corrected chi connectivity index (χ3v) is 2.14.